The van der Waals surface area contributed by atoms with Crippen molar-refractivity contribution in [3.63, 3.8) is 0 Å². The Morgan fingerprint density at radius 2 is 1.84 bits per heavy atom. The fraction of sp³-hybridized carbons (Fsp3) is 0.200. The number of nitrogens with two attached hydrogens (primary N) is 1. The van der Waals surface area contributed by atoms with Gasteiger partial charge in [-0.2, -0.15) is 0 Å². The van der Waals surface area contributed by atoms with Crippen LogP contribution >= 0.6 is 11.6 Å². The van der Waals surface area contributed by atoms with E-state index in [1.54, 1.807) is 6.07 Å². The lowest BCUT2D eigenvalue weighted by atomic mass is 9.99. The first-order valence-corrected chi connectivity index (χ1v) is 6.36. The lowest BCUT2D eigenvalue weighted by Crippen LogP contribution is -2.26. The van der Waals surface area contributed by atoms with Crippen LogP contribution in [0.4, 0.5) is 8.78 Å². The van der Waals surface area contributed by atoms with Crippen molar-refractivity contribution in [2.75, 3.05) is 0 Å². The highest BCUT2D eigenvalue weighted by atomic mass is 35.5. The normalized spacial score (nSPS) is 12.4. The maximum atomic E-state index is 13.5. The molecule has 19 heavy (non-hydrogen) atoms. The van der Waals surface area contributed by atoms with Crippen LogP contribution in [0.25, 0.3) is 0 Å². The molecule has 0 bridgehead atoms. The first kappa shape index (κ1) is 14.0. The molecule has 0 fully saturated rings. The molecule has 0 amide bonds. The highest BCUT2D eigenvalue weighted by molar-refractivity contribution is 6.30. The van der Waals surface area contributed by atoms with E-state index in [0.29, 0.717) is 23.4 Å². The van der Waals surface area contributed by atoms with E-state index in [1.807, 2.05) is 18.2 Å². The average molecular weight is 282 g/mol. The van der Waals surface area contributed by atoms with Crippen LogP contribution < -0.4 is 5.73 Å². The third kappa shape index (κ3) is 4.01. The second-order valence-corrected chi connectivity index (χ2v) is 4.97. The first-order valence-electron chi connectivity index (χ1n) is 5.98. The molecule has 0 saturated heterocycles. The summed E-state index contributed by atoms with van der Waals surface area (Å²) in [4.78, 5) is 0. The third-order valence-corrected chi connectivity index (χ3v) is 3.12. The number of halogens is 3. The van der Waals surface area contributed by atoms with E-state index in [9.17, 15) is 8.78 Å². The van der Waals surface area contributed by atoms with Crippen molar-refractivity contribution < 1.29 is 8.78 Å². The predicted molar refractivity (Wildman–Crippen MR) is 73.2 cm³/mol. The molecule has 1 unspecified atom stereocenters. The summed E-state index contributed by atoms with van der Waals surface area (Å²) >= 11 is 5.89. The summed E-state index contributed by atoms with van der Waals surface area (Å²) in [5.74, 6) is -1.13. The molecular formula is C15H14ClF2N. The van der Waals surface area contributed by atoms with Crippen molar-refractivity contribution in [1.29, 1.82) is 0 Å². The van der Waals surface area contributed by atoms with Crippen LogP contribution in [0.2, 0.25) is 5.02 Å². The molecule has 2 aromatic carbocycles. The van der Waals surface area contributed by atoms with Gasteiger partial charge in [0.15, 0.2) is 0 Å². The summed E-state index contributed by atoms with van der Waals surface area (Å²) in [6.07, 6.45) is 0.954. The Bertz CT molecular complexity index is 572. The molecule has 0 aliphatic heterocycles. The van der Waals surface area contributed by atoms with Gasteiger partial charge in [0.25, 0.3) is 0 Å². The molecule has 1 nitrogen and oxygen atoms in total. The van der Waals surface area contributed by atoms with Crippen molar-refractivity contribution in [3.05, 3.63) is 70.2 Å². The molecule has 4 heteroatoms. The highest BCUT2D eigenvalue weighted by Gasteiger charge is 2.10. The van der Waals surface area contributed by atoms with Gasteiger partial charge in [0.2, 0.25) is 0 Å². The minimum Gasteiger partial charge on any atom is -0.327 e. The number of hydrogen-bond acceptors (Lipinski definition) is 1. The van der Waals surface area contributed by atoms with Crippen LogP contribution in [0.3, 0.4) is 0 Å². The monoisotopic (exact) mass is 281 g/mol. The molecule has 2 rings (SSSR count). The van der Waals surface area contributed by atoms with Gasteiger partial charge in [-0.25, -0.2) is 8.78 Å². The Labute approximate surface area is 116 Å². The molecule has 0 aromatic heterocycles. The van der Waals surface area contributed by atoms with E-state index >= 15 is 0 Å². The van der Waals surface area contributed by atoms with Crippen LogP contribution in [-0.4, -0.2) is 6.04 Å². The van der Waals surface area contributed by atoms with Gasteiger partial charge in [-0.15, -0.1) is 0 Å². The lowest BCUT2D eigenvalue weighted by molar-refractivity contribution is 0.558. The number of rotatable bonds is 4. The zero-order chi connectivity index (χ0) is 13.8. The molecule has 0 spiro atoms. The predicted octanol–water partition coefficient (Wildman–Crippen LogP) is 3.73. The third-order valence-electron chi connectivity index (χ3n) is 2.88. The van der Waals surface area contributed by atoms with Gasteiger partial charge in [-0.3, -0.25) is 0 Å². The Morgan fingerprint density at radius 1 is 1.05 bits per heavy atom. The molecule has 0 radical (unpaired) electrons. The first-order chi connectivity index (χ1) is 9.04. The van der Waals surface area contributed by atoms with Gasteiger partial charge >= 0.3 is 0 Å². The van der Waals surface area contributed by atoms with E-state index in [1.165, 1.54) is 12.1 Å². The van der Waals surface area contributed by atoms with E-state index < -0.39 is 11.6 Å². The van der Waals surface area contributed by atoms with Gasteiger partial charge in [0.05, 0.1) is 0 Å². The SMILES string of the molecule is NC(Cc1cccc(Cl)c1)Cc1ccc(F)cc1F. The molecule has 100 valence electrons. The van der Waals surface area contributed by atoms with Crippen molar-refractivity contribution in [1.82, 2.24) is 0 Å². The summed E-state index contributed by atoms with van der Waals surface area (Å²) in [6.45, 7) is 0. The summed E-state index contributed by atoms with van der Waals surface area (Å²) in [6, 6.07) is 10.7. The molecule has 0 heterocycles. The van der Waals surface area contributed by atoms with Gasteiger partial charge in [0, 0.05) is 17.1 Å². The van der Waals surface area contributed by atoms with E-state index in [-0.39, 0.29) is 6.04 Å². The largest absolute Gasteiger partial charge is 0.327 e. The minimum absolute atomic E-state index is 0.238. The topological polar surface area (TPSA) is 26.0 Å². The fourth-order valence-electron chi connectivity index (χ4n) is 2.01. The standard InChI is InChI=1S/C15H14ClF2N/c16-12-3-1-2-10(6-12)7-14(19)8-11-4-5-13(17)9-15(11)18/h1-6,9,14H,7-8,19H2. The molecule has 2 N–H and O–H groups in total. The van der Waals surface area contributed by atoms with Gasteiger partial charge in [0.1, 0.15) is 11.6 Å². The maximum Gasteiger partial charge on any atom is 0.129 e. The highest BCUT2D eigenvalue weighted by Crippen LogP contribution is 2.15. The zero-order valence-electron chi connectivity index (χ0n) is 10.2. The van der Waals surface area contributed by atoms with Crippen LogP contribution in [0, 0.1) is 11.6 Å². The molecular weight excluding hydrogens is 268 g/mol. The van der Waals surface area contributed by atoms with Crippen LogP contribution in [0.1, 0.15) is 11.1 Å². The van der Waals surface area contributed by atoms with Crippen molar-refractivity contribution in [3.8, 4) is 0 Å². The Morgan fingerprint density at radius 3 is 2.53 bits per heavy atom. The summed E-state index contributed by atoms with van der Waals surface area (Å²) in [7, 11) is 0. The van der Waals surface area contributed by atoms with E-state index in [0.717, 1.165) is 11.6 Å². The number of hydrogen-bond donors (Lipinski definition) is 1. The minimum atomic E-state index is -0.579. The lowest BCUT2D eigenvalue weighted by Gasteiger charge is -2.12. The summed E-state index contributed by atoms with van der Waals surface area (Å²) < 4.78 is 26.3. The van der Waals surface area contributed by atoms with Crippen LogP contribution in [-0.2, 0) is 12.8 Å². The number of benzene rings is 2. The van der Waals surface area contributed by atoms with Gasteiger partial charge in [-0.05, 0) is 42.2 Å². The average Bonchev–Trinajstić information content (AvgIpc) is 2.33. The summed E-state index contributed by atoms with van der Waals surface area (Å²) in [5, 5.41) is 0.651. The van der Waals surface area contributed by atoms with Crippen molar-refractivity contribution >= 4 is 11.6 Å². The van der Waals surface area contributed by atoms with E-state index in [4.69, 9.17) is 17.3 Å². The Kier molecular flexibility index (Phi) is 4.51. The van der Waals surface area contributed by atoms with Crippen molar-refractivity contribution in [2.45, 2.75) is 18.9 Å². The zero-order valence-corrected chi connectivity index (χ0v) is 11.0. The van der Waals surface area contributed by atoms with E-state index in [2.05, 4.69) is 0 Å². The maximum absolute atomic E-state index is 13.5. The smallest absolute Gasteiger partial charge is 0.129 e. The van der Waals surface area contributed by atoms with Gasteiger partial charge in [-0.1, -0.05) is 29.8 Å². The Hall–Kier alpha value is -1.45. The second kappa shape index (κ2) is 6.13. The Balaban J connectivity index is 2.03. The van der Waals surface area contributed by atoms with Gasteiger partial charge < -0.3 is 5.73 Å². The molecule has 0 aliphatic rings. The molecule has 1 atom stereocenters. The summed E-state index contributed by atoms with van der Waals surface area (Å²) in [5.41, 5.74) is 7.42. The second-order valence-electron chi connectivity index (χ2n) is 4.53. The van der Waals surface area contributed by atoms with Crippen LogP contribution in [0.5, 0.6) is 0 Å². The quantitative estimate of drug-likeness (QED) is 0.908. The molecule has 0 aliphatic carbocycles. The van der Waals surface area contributed by atoms with Crippen LogP contribution in [0.15, 0.2) is 42.5 Å². The fourth-order valence-corrected chi connectivity index (χ4v) is 2.22. The molecule has 2 aromatic rings. The van der Waals surface area contributed by atoms with Crippen molar-refractivity contribution in [2.24, 2.45) is 5.73 Å². The molecule has 0 saturated carbocycles.